The minimum atomic E-state index is 0.110. The zero-order valence-electron chi connectivity index (χ0n) is 8.89. The normalized spacial score (nSPS) is 9.47. The molecule has 1 N–H and O–H groups in total. The molecule has 17 heavy (non-hydrogen) atoms. The number of hydrogen-bond acceptors (Lipinski definition) is 6. The van der Waals surface area contributed by atoms with E-state index < -0.39 is 0 Å². The first kappa shape index (κ1) is 13.7. The Labute approximate surface area is 107 Å². The molecule has 0 bridgehead atoms. The van der Waals surface area contributed by atoms with Crippen LogP contribution >= 0.6 is 15.9 Å². The highest BCUT2D eigenvalue weighted by atomic mass is 79.9. The van der Waals surface area contributed by atoms with Crippen molar-refractivity contribution in [3.63, 3.8) is 0 Å². The number of ether oxygens (including phenoxy) is 2. The van der Waals surface area contributed by atoms with Gasteiger partial charge in [0.2, 0.25) is 0 Å². The van der Waals surface area contributed by atoms with Crippen molar-refractivity contribution in [3.8, 4) is 11.6 Å². The Kier molecular flexibility index (Phi) is 6.27. The standard InChI is InChI=1S/C9H10BBrN2O4/c11-7-3-8(9(12-4-7)17-6-15)16-2-1-13-10-5-14/h3-6,10,13H,1-2H2. The molecular formula is C9H10BBrN2O4. The number of nitrogens with zero attached hydrogens (tertiary/aromatic N) is 1. The lowest BCUT2D eigenvalue weighted by atomic mass is 9.99. The zero-order chi connectivity index (χ0) is 12.5. The van der Waals surface area contributed by atoms with Crippen molar-refractivity contribution in [2.75, 3.05) is 13.2 Å². The van der Waals surface area contributed by atoms with Crippen molar-refractivity contribution in [1.82, 2.24) is 10.2 Å². The molecule has 6 nitrogen and oxygen atoms in total. The molecule has 1 aromatic rings. The lowest BCUT2D eigenvalue weighted by Gasteiger charge is -2.09. The van der Waals surface area contributed by atoms with Crippen molar-refractivity contribution in [3.05, 3.63) is 16.7 Å². The molecule has 0 atom stereocenters. The maximum atomic E-state index is 10.2. The van der Waals surface area contributed by atoms with Crippen molar-refractivity contribution in [1.29, 1.82) is 0 Å². The Morgan fingerprint density at radius 2 is 2.35 bits per heavy atom. The van der Waals surface area contributed by atoms with Crippen LogP contribution in [0.5, 0.6) is 11.6 Å². The largest absolute Gasteiger partial charge is 0.487 e. The minimum absolute atomic E-state index is 0.110. The molecule has 0 unspecified atom stereocenters. The van der Waals surface area contributed by atoms with Crippen molar-refractivity contribution >= 4 is 36.0 Å². The summed E-state index contributed by atoms with van der Waals surface area (Å²) >= 11 is 3.23. The van der Waals surface area contributed by atoms with Gasteiger partial charge in [-0.3, -0.25) is 4.79 Å². The molecular weight excluding hydrogens is 291 g/mol. The second kappa shape index (κ2) is 7.80. The van der Waals surface area contributed by atoms with E-state index in [1.165, 1.54) is 6.20 Å². The Morgan fingerprint density at radius 1 is 1.53 bits per heavy atom. The molecule has 0 aliphatic carbocycles. The summed E-state index contributed by atoms with van der Waals surface area (Å²) in [6.45, 7) is 1.13. The second-order valence-corrected chi connectivity index (χ2v) is 3.81. The first-order chi connectivity index (χ1) is 8.27. The number of carbonyl (C=O) groups excluding carboxylic acids is 2. The van der Waals surface area contributed by atoms with E-state index in [9.17, 15) is 9.59 Å². The van der Waals surface area contributed by atoms with Crippen LogP contribution in [0.4, 0.5) is 0 Å². The summed E-state index contributed by atoms with van der Waals surface area (Å²) in [5.74, 6) is 0.470. The molecule has 0 amide bonds. The van der Waals surface area contributed by atoms with E-state index in [0.29, 0.717) is 23.4 Å². The van der Waals surface area contributed by atoms with Gasteiger partial charge in [-0.25, -0.2) is 4.98 Å². The number of rotatable bonds is 8. The van der Waals surface area contributed by atoms with E-state index in [1.807, 2.05) is 0 Å². The van der Waals surface area contributed by atoms with Crippen molar-refractivity contribution in [2.45, 2.75) is 0 Å². The maximum Gasteiger partial charge on any atom is 0.299 e. The lowest BCUT2D eigenvalue weighted by molar-refractivity contribution is -0.121. The van der Waals surface area contributed by atoms with Crippen LogP contribution in [0, 0.1) is 0 Å². The number of halogens is 1. The van der Waals surface area contributed by atoms with Gasteiger partial charge in [0.05, 0.1) is 12.8 Å². The zero-order valence-corrected chi connectivity index (χ0v) is 10.5. The Hall–Kier alpha value is -1.41. The third kappa shape index (κ3) is 4.96. The van der Waals surface area contributed by atoms with E-state index in [2.05, 4.69) is 30.9 Å². The van der Waals surface area contributed by atoms with Crippen LogP contribution in [0.2, 0.25) is 0 Å². The van der Waals surface area contributed by atoms with Crippen LogP contribution in [0.1, 0.15) is 0 Å². The third-order valence-electron chi connectivity index (χ3n) is 1.71. The molecule has 0 saturated carbocycles. The van der Waals surface area contributed by atoms with E-state index in [4.69, 9.17) is 4.74 Å². The quantitative estimate of drug-likeness (QED) is 0.410. The van der Waals surface area contributed by atoms with Gasteiger partial charge in [0.25, 0.3) is 19.8 Å². The van der Waals surface area contributed by atoms with E-state index in [1.54, 1.807) is 6.07 Å². The maximum absolute atomic E-state index is 10.2. The molecule has 0 aromatic carbocycles. The van der Waals surface area contributed by atoms with Gasteiger partial charge in [-0.15, -0.1) is 0 Å². The highest BCUT2D eigenvalue weighted by Gasteiger charge is 2.07. The third-order valence-corrected chi connectivity index (χ3v) is 2.14. The molecule has 1 aromatic heterocycles. The fourth-order valence-corrected chi connectivity index (χ4v) is 1.35. The highest BCUT2D eigenvalue weighted by Crippen LogP contribution is 2.27. The van der Waals surface area contributed by atoms with E-state index in [0.717, 1.165) is 6.19 Å². The van der Waals surface area contributed by atoms with Crippen LogP contribution in [0.25, 0.3) is 0 Å². The van der Waals surface area contributed by atoms with Gasteiger partial charge in [0.15, 0.2) is 5.75 Å². The number of nitrogens with one attached hydrogen (secondary N) is 1. The van der Waals surface area contributed by atoms with Crippen LogP contribution in [0.3, 0.4) is 0 Å². The topological polar surface area (TPSA) is 77.5 Å². The van der Waals surface area contributed by atoms with Crippen LogP contribution in [-0.4, -0.2) is 38.2 Å². The number of pyridine rings is 1. The lowest BCUT2D eigenvalue weighted by Crippen LogP contribution is -2.25. The summed E-state index contributed by atoms with van der Waals surface area (Å²) in [6, 6.07) is 1.64. The van der Waals surface area contributed by atoms with Gasteiger partial charge >= 0.3 is 0 Å². The van der Waals surface area contributed by atoms with Crippen LogP contribution in [-0.2, 0) is 9.59 Å². The number of aromatic nitrogens is 1. The Morgan fingerprint density at radius 3 is 3.06 bits per heavy atom. The van der Waals surface area contributed by atoms with Crippen LogP contribution < -0.4 is 14.7 Å². The molecule has 8 heteroatoms. The van der Waals surface area contributed by atoms with Crippen LogP contribution in [0.15, 0.2) is 16.7 Å². The van der Waals surface area contributed by atoms with E-state index in [-0.39, 0.29) is 19.8 Å². The molecule has 90 valence electrons. The SMILES string of the molecule is O=CBNCCOc1cc(Br)cnc1OC=O. The summed E-state index contributed by atoms with van der Waals surface area (Å²) in [7, 11) is 0.276. The van der Waals surface area contributed by atoms with Gasteiger partial charge in [0.1, 0.15) is 0 Å². The Bertz CT molecular complexity index is 391. The molecule has 0 spiro atoms. The average Bonchev–Trinajstić information content (AvgIpc) is 2.32. The molecule has 0 aliphatic rings. The molecule has 0 radical (unpaired) electrons. The predicted molar refractivity (Wildman–Crippen MR) is 66.0 cm³/mol. The molecule has 1 rings (SSSR count). The monoisotopic (exact) mass is 300 g/mol. The Balaban J connectivity index is 2.52. The van der Waals surface area contributed by atoms with Gasteiger partial charge in [-0.05, 0) is 15.9 Å². The fourth-order valence-electron chi connectivity index (χ4n) is 1.04. The summed E-state index contributed by atoms with van der Waals surface area (Å²) in [4.78, 5) is 24.2. The van der Waals surface area contributed by atoms with Gasteiger partial charge in [-0.2, -0.15) is 0 Å². The van der Waals surface area contributed by atoms with Crippen molar-refractivity contribution in [2.24, 2.45) is 0 Å². The molecule has 1 heterocycles. The fraction of sp³-hybridized carbons (Fsp3) is 0.222. The summed E-state index contributed by atoms with van der Waals surface area (Å²) in [6.07, 6.45) is 2.26. The average molecular weight is 301 g/mol. The smallest absolute Gasteiger partial charge is 0.299 e. The van der Waals surface area contributed by atoms with Crippen molar-refractivity contribution < 1.29 is 19.1 Å². The molecule has 0 fully saturated rings. The summed E-state index contributed by atoms with van der Waals surface area (Å²) in [5, 5.41) is 2.84. The molecule has 0 aliphatic heterocycles. The van der Waals surface area contributed by atoms with Gasteiger partial charge in [0, 0.05) is 23.3 Å². The summed E-state index contributed by atoms with van der Waals surface area (Å²) in [5.41, 5.74) is 0. The number of carbonyl (C=O) groups is 2. The van der Waals surface area contributed by atoms with Gasteiger partial charge < -0.3 is 19.5 Å². The highest BCUT2D eigenvalue weighted by molar-refractivity contribution is 9.10. The first-order valence-corrected chi connectivity index (χ1v) is 5.60. The minimum Gasteiger partial charge on any atom is -0.487 e. The molecule has 0 saturated heterocycles. The first-order valence-electron chi connectivity index (χ1n) is 4.81. The second-order valence-electron chi connectivity index (χ2n) is 2.89. The predicted octanol–water partition coefficient (Wildman–Crippen LogP) is -0.111. The summed E-state index contributed by atoms with van der Waals surface area (Å²) < 4.78 is 10.7. The van der Waals surface area contributed by atoms with E-state index >= 15 is 0 Å². The van der Waals surface area contributed by atoms with Gasteiger partial charge in [-0.1, -0.05) is 0 Å². The number of hydrogen-bond donors (Lipinski definition) is 1.